The molecule has 3 nitrogen and oxygen atoms in total. The molecule has 0 spiro atoms. The van der Waals surface area contributed by atoms with E-state index in [2.05, 4.69) is 0 Å². The van der Waals surface area contributed by atoms with Gasteiger partial charge in [-0.2, -0.15) is 0 Å². The molecule has 0 unspecified atom stereocenters. The first kappa shape index (κ1) is 17.7. The van der Waals surface area contributed by atoms with Crippen LogP contribution in [0.1, 0.15) is 22.6 Å². The van der Waals surface area contributed by atoms with Crippen molar-refractivity contribution >= 4 is 5.91 Å². The molecule has 26 heavy (non-hydrogen) atoms. The minimum absolute atomic E-state index is 0.0632. The number of nitrogens with zero attached hydrogens (tertiary/aromatic N) is 1. The van der Waals surface area contributed by atoms with Crippen LogP contribution in [-0.2, 0) is 11.3 Å². The van der Waals surface area contributed by atoms with Crippen molar-refractivity contribution in [3.63, 3.8) is 0 Å². The molecule has 0 atom stereocenters. The lowest BCUT2D eigenvalue weighted by Gasteiger charge is -2.25. The van der Waals surface area contributed by atoms with E-state index >= 15 is 0 Å². The summed E-state index contributed by atoms with van der Waals surface area (Å²) >= 11 is 0. The van der Waals surface area contributed by atoms with Crippen LogP contribution in [0.15, 0.2) is 84.9 Å². The van der Waals surface area contributed by atoms with Crippen LogP contribution in [0.5, 0.6) is 5.75 Å². The second kappa shape index (κ2) is 8.34. The molecule has 0 radical (unpaired) electrons. The Morgan fingerprint density at radius 1 is 0.846 bits per heavy atom. The molecule has 0 aliphatic carbocycles. The standard InChI is InChI=1S/C23H23NO2/c1-24(17-20-15-9-10-16-21(20)26-2)23(25)22(18-11-5-3-6-12-18)19-13-7-4-8-14-19/h3-16,22H,17H2,1-2H3. The Hall–Kier alpha value is -3.07. The quantitative estimate of drug-likeness (QED) is 0.659. The predicted octanol–water partition coefficient (Wildman–Crippen LogP) is 4.49. The van der Waals surface area contributed by atoms with Gasteiger partial charge >= 0.3 is 0 Å². The summed E-state index contributed by atoms with van der Waals surface area (Å²) in [5.41, 5.74) is 2.98. The van der Waals surface area contributed by atoms with Crippen LogP contribution in [0.25, 0.3) is 0 Å². The van der Waals surface area contributed by atoms with Gasteiger partial charge in [0.25, 0.3) is 0 Å². The Labute approximate surface area is 154 Å². The molecule has 3 aromatic rings. The van der Waals surface area contributed by atoms with Crippen LogP contribution in [0.4, 0.5) is 0 Å². The van der Waals surface area contributed by atoms with E-state index in [0.29, 0.717) is 6.54 Å². The molecule has 0 saturated heterocycles. The van der Waals surface area contributed by atoms with E-state index in [1.54, 1.807) is 12.0 Å². The molecule has 3 heteroatoms. The van der Waals surface area contributed by atoms with E-state index in [9.17, 15) is 4.79 Å². The number of likely N-dealkylation sites (N-methyl/N-ethyl adjacent to an activating group) is 1. The van der Waals surface area contributed by atoms with Gasteiger partial charge < -0.3 is 9.64 Å². The van der Waals surface area contributed by atoms with E-state index in [1.165, 1.54) is 0 Å². The van der Waals surface area contributed by atoms with Crippen molar-refractivity contribution in [1.29, 1.82) is 0 Å². The van der Waals surface area contributed by atoms with Crippen molar-refractivity contribution in [2.45, 2.75) is 12.5 Å². The van der Waals surface area contributed by atoms with E-state index in [1.807, 2.05) is 92.0 Å². The summed E-state index contributed by atoms with van der Waals surface area (Å²) in [7, 11) is 3.49. The van der Waals surface area contributed by atoms with Gasteiger partial charge in [0.15, 0.2) is 0 Å². The van der Waals surface area contributed by atoms with Gasteiger partial charge in [-0.25, -0.2) is 0 Å². The zero-order valence-corrected chi connectivity index (χ0v) is 15.1. The second-order valence-corrected chi connectivity index (χ2v) is 6.26. The zero-order valence-electron chi connectivity index (χ0n) is 15.1. The number of hydrogen-bond acceptors (Lipinski definition) is 2. The molecule has 0 bridgehead atoms. The Morgan fingerprint density at radius 3 is 1.88 bits per heavy atom. The van der Waals surface area contributed by atoms with Gasteiger partial charge in [0.1, 0.15) is 5.75 Å². The molecule has 0 heterocycles. The maximum absolute atomic E-state index is 13.3. The summed E-state index contributed by atoms with van der Waals surface area (Å²) in [6.07, 6.45) is 0. The van der Waals surface area contributed by atoms with Crippen molar-refractivity contribution in [2.24, 2.45) is 0 Å². The molecule has 0 saturated carbocycles. The molecule has 3 rings (SSSR count). The molecule has 0 aliphatic heterocycles. The van der Waals surface area contributed by atoms with Crippen molar-refractivity contribution in [1.82, 2.24) is 4.90 Å². The summed E-state index contributed by atoms with van der Waals surface area (Å²) in [5.74, 6) is 0.536. The van der Waals surface area contributed by atoms with E-state index in [0.717, 1.165) is 22.4 Å². The Balaban J connectivity index is 1.90. The first-order chi connectivity index (χ1) is 12.7. The Bertz CT molecular complexity index is 807. The number of amides is 1. The number of hydrogen-bond donors (Lipinski definition) is 0. The number of para-hydroxylation sites is 1. The fraction of sp³-hybridized carbons (Fsp3) is 0.174. The lowest BCUT2D eigenvalue weighted by Crippen LogP contribution is -2.32. The van der Waals surface area contributed by atoms with Crippen LogP contribution in [0, 0.1) is 0 Å². The van der Waals surface area contributed by atoms with Gasteiger partial charge in [0.05, 0.1) is 13.0 Å². The van der Waals surface area contributed by atoms with Crippen LogP contribution < -0.4 is 4.74 Å². The van der Waals surface area contributed by atoms with Gasteiger partial charge in [-0.3, -0.25) is 4.79 Å². The average Bonchev–Trinajstić information content (AvgIpc) is 2.70. The van der Waals surface area contributed by atoms with E-state index in [4.69, 9.17) is 4.74 Å². The normalized spacial score (nSPS) is 10.6. The van der Waals surface area contributed by atoms with Crippen LogP contribution >= 0.6 is 0 Å². The number of benzene rings is 3. The second-order valence-electron chi connectivity index (χ2n) is 6.26. The lowest BCUT2D eigenvalue weighted by molar-refractivity contribution is -0.131. The largest absolute Gasteiger partial charge is 0.496 e. The van der Waals surface area contributed by atoms with Crippen molar-refractivity contribution in [3.8, 4) is 5.75 Å². The summed E-state index contributed by atoms with van der Waals surface area (Å²) in [5, 5.41) is 0. The number of carbonyl (C=O) groups is 1. The van der Waals surface area contributed by atoms with Gasteiger partial charge in [0, 0.05) is 19.2 Å². The highest BCUT2D eigenvalue weighted by molar-refractivity contribution is 5.87. The Morgan fingerprint density at radius 2 is 1.35 bits per heavy atom. The maximum Gasteiger partial charge on any atom is 0.234 e. The average molecular weight is 345 g/mol. The third kappa shape index (κ3) is 3.94. The van der Waals surface area contributed by atoms with Crippen molar-refractivity contribution in [3.05, 3.63) is 102 Å². The van der Waals surface area contributed by atoms with Crippen LogP contribution in [0.2, 0.25) is 0 Å². The third-order valence-electron chi connectivity index (χ3n) is 4.49. The molecule has 3 aromatic carbocycles. The number of rotatable bonds is 6. The first-order valence-corrected chi connectivity index (χ1v) is 8.67. The predicted molar refractivity (Wildman–Crippen MR) is 104 cm³/mol. The summed E-state index contributed by atoms with van der Waals surface area (Å²) in [6.45, 7) is 0.499. The van der Waals surface area contributed by atoms with Gasteiger partial charge in [-0.15, -0.1) is 0 Å². The first-order valence-electron chi connectivity index (χ1n) is 8.67. The van der Waals surface area contributed by atoms with Crippen molar-refractivity contribution < 1.29 is 9.53 Å². The fourth-order valence-electron chi connectivity index (χ4n) is 3.16. The number of methoxy groups -OCH3 is 1. The van der Waals surface area contributed by atoms with Crippen LogP contribution in [-0.4, -0.2) is 25.0 Å². The van der Waals surface area contributed by atoms with Gasteiger partial charge in [-0.1, -0.05) is 78.9 Å². The minimum Gasteiger partial charge on any atom is -0.496 e. The van der Waals surface area contributed by atoms with Crippen molar-refractivity contribution in [2.75, 3.05) is 14.2 Å². The summed E-state index contributed by atoms with van der Waals surface area (Å²) < 4.78 is 5.42. The molecule has 0 N–H and O–H groups in total. The smallest absolute Gasteiger partial charge is 0.234 e. The number of carbonyl (C=O) groups excluding carboxylic acids is 1. The maximum atomic E-state index is 13.3. The highest BCUT2D eigenvalue weighted by Gasteiger charge is 2.26. The monoisotopic (exact) mass is 345 g/mol. The molecule has 0 aromatic heterocycles. The molecule has 0 aliphatic rings. The highest BCUT2D eigenvalue weighted by Crippen LogP contribution is 2.28. The SMILES string of the molecule is COc1ccccc1CN(C)C(=O)C(c1ccccc1)c1ccccc1. The molecular formula is C23H23NO2. The molecular weight excluding hydrogens is 322 g/mol. The lowest BCUT2D eigenvalue weighted by atomic mass is 9.90. The summed E-state index contributed by atoms with van der Waals surface area (Å²) in [4.78, 5) is 15.1. The molecule has 132 valence electrons. The van der Waals surface area contributed by atoms with Gasteiger partial charge in [0.2, 0.25) is 5.91 Å². The highest BCUT2D eigenvalue weighted by atomic mass is 16.5. The Kier molecular flexibility index (Phi) is 5.69. The topological polar surface area (TPSA) is 29.5 Å². The third-order valence-corrected chi connectivity index (χ3v) is 4.49. The number of ether oxygens (including phenoxy) is 1. The molecule has 1 amide bonds. The van der Waals surface area contributed by atoms with Crippen LogP contribution in [0.3, 0.4) is 0 Å². The van der Waals surface area contributed by atoms with E-state index < -0.39 is 0 Å². The zero-order chi connectivity index (χ0) is 18.4. The van der Waals surface area contributed by atoms with Gasteiger partial charge in [-0.05, 0) is 17.2 Å². The minimum atomic E-state index is -0.322. The van der Waals surface area contributed by atoms with E-state index in [-0.39, 0.29) is 11.8 Å². The summed E-state index contributed by atoms with van der Waals surface area (Å²) in [6, 6.07) is 27.6. The fourth-order valence-corrected chi connectivity index (χ4v) is 3.16. The molecule has 0 fully saturated rings.